The number of hydrogen-bond donors (Lipinski definition) is 2. The second kappa shape index (κ2) is 3.22. The summed E-state index contributed by atoms with van der Waals surface area (Å²) in [5, 5.41) is 9.13. The zero-order valence-electron chi connectivity index (χ0n) is 8.53. The molecule has 3 heterocycles. The maximum Gasteiger partial charge on any atom is 0.161 e. The molecular formula is C11H10N4O. The van der Waals surface area contributed by atoms with Crippen molar-refractivity contribution in [2.24, 2.45) is 0 Å². The van der Waals surface area contributed by atoms with Crippen molar-refractivity contribution < 1.29 is 4.74 Å². The third kappa shape index (κ3) is 1.17. The number of H-pyrrole nitrogens is 2. The maximum atomic E-state index is 9.13. The van der Waals surface area contributed by atoms with Gasteiger partial charge in [-0.15, -0.1) is 0 Å². The Labute approximate surface area is 92.1 Å². The molecule has 5 heteroatoms. The van der Waals surface area contributed by atoms with Crippen molar-refractivity contribution in [1.29, 1.82) is 5.26 Å². The number of rotatable bonds is 2. The fraction of sp³-hybridized carbons (Fsp3) is 0.273. The van der Waals surface area contributed by atoms with Crippen molar-refractivity contribution in [3.63, 3.8) is 0 Å². The number of nitrogens with one attached hydrogen (secondary N) is 2. The molecule has 0 saturated carbocycles. The van der Waals surface area contributed by atoms with E-state index in [2.05, 4.69) is 21.0 Å². The summed E-state index contributed by atoms with van der Waals surface area (Å²) < 4.78 is 5.09. The number of imidazole rings is 1. The topological polar surface area (TPSA) is 77.5 Å². The summed E-state index contributed by atoms with van der Waals surface area (Å²) in [6.07, 6.45) is 5.48. The lowest BCUT2D eigenvalue weighted by Crippen LogP contribution is -2.46. The minimum Gasteiger partial charge on any atom is -0.377 e. The molecule has 2 aromatic heterocycles. The van der Waals surface area contributed by atoms with E-state index >= 15 is 0 Å². The van der Waals surface area contributed by atoms with E-state index in [4.69, 9.17) is 10.00 Å². The fourth-order valence-electron chi connectivity index (χ4n) is 1.76. The van der Waals surface area contributed by atoms with Gasteiger partial charge in [-0.2, -0.15) is 5.26 Å². The molecule has 0 spiro atoms. The molecule has 0 aromatic carbocycles. The van der Waals surface area contributed by atoms with Crippen molar-refractivity contribution in [2.75, 3.05) is 13.2 Å². The van der Waals surface area contributed by atoms with E-state index in [-0.39, 0.29) is 0 Å². The van der Waals surface area contributed by atoms with Crippen molar-refractivity contribution >= 4 is 0 Å². The van der Waals surface area contributed by atoms with Gasteiger partial charge in [0, 0.05) is 18.0 Å². The van der Waals surface area contributed by atoms with Gasteiger partial charge in [0.05, 0.1) is 31.2 Å². The number of ether oxygens (including phenoxy) is 1. The van der Waals surface area contributed by atoms with E-state index in [1.807, 2.05) is 18.5 Å². The molecule has 1 saturated heterocycles. The summed E-state index contributed by atoms with van der Waals surface area (Å²) in [4.78, 5) is 10.4. The van der Waals surface area contributed by atoms with Gasteiger partial charge in [0.2, 0.25) is 0 Å². The zero-order chi connectivity index (χ0) is 11.0. The van der Waals surface area contributed by atoms with Crippen LogP contribution < -0.4 is 0 Å². The minimum absolute atomic E-state index is 0.420. The van der Waals surface area contributed by atoms with E-state index in [1.54, 1.807) is 6.20 Å². The van der Waals surface area contributed by atoms with Crippen molar-refractivity contribution in [3.8, 4) is 17.3 Å². The Hall–Kier alpha value is -2.06. The number of aromatic nitrogens is 3. The molecule has 0 amide bonds. The highest BCUT2D eigenvalue weighted by atomic mass is 16.5. The summed E-state index contributed by atoms with van der Waals surface area (Å²) in [7, 11) is 0. The van der Waals surface area contributed by atoms with Crippen LogP contribution in [0.1, 0.15) is 5.82 Å². The lowest BCUT2D eigenvalue weighted by molar-refractivity contribution is -0.0335. The normalized spacial score (nSPS) is 17.7. The first-order valence-electron chi connectivity index (χ1n) is 5.02. The molecule has 1 aliphatic rings. The minimum atomic E-state index is -0.575. The molecule has 2 aromatic rings. The highest BCUT2D eigenvalue weighted by Gasteiger charge is 2.43. The average molecular weight is 214 g/mol. The van der Waals surface area contributed by atoms with E-state index in [0.717, 1.165) is 11.3 Å². The van der Waals surface area contributed by atoms with E-state index in [1.165, 1.54) is 0 Å². The first kappa shape index (κ1) is 9.19. The molecule has 1 fully saturated rings. The van der Waals surface area contributed by atoms with Crippen LogP contribution in [-0.2, 0) is 10.2 Å². The molecule has 80 valence electrons. The Balaban J connectivity index is 1.97. The standard InChI is InChI=1S/C11H10N4O/c12-5-11(6-16-7-11)10-14-4-9(15-10)8-1-2-13-3-8/h1-4,13H,6-7H2,(H,14,15). The number of aromatic amines is 2. The monoisotopic (exact) mass is 214 g/mol. The molecule has 0 atom stereocenters. The summed E-state index contributed by atoms with van der Waals surface area (Å²) in [5.74, 6) is 0.692. The molecule has 0 radical (unpaired) electrons. The summed E-state index contributed by atoms with van der Waals surface area (Å²) in [6.45, 7) is 0.840. The molecule has 1 aliphatic heterocycles. The average Bonchev–Trinajstić information content (AvgIpc) is 2.86. The van der Waals surface area contributed by atoms with Gasteiger partial charge in [-0.05, 0) is 6.07 Å². The van der Waals surface area contributed by atoms with E-state index in [9.17, 15) is 0 Å². The predicted molar refractivity (Wildman–Crippen MR) is 56.5 cm³/mol. The van der Waals surface area contributed by atoms with Crippen molar-refractivity contribution in [2.45, 2.75) is 5.41 Å². The molecule has 0 bridgehead atoms. The predicted octanol–water partition coefficient (Wildman–Crippen LogP) is 1.20. The fourth-order valence-corrected chi connectivity index (χ4v) is 1.76. The smallest absolute Gasteiger partial charge is 0.161 e. The molecule has 5 nitrogen and oxygen atoms in total. The van der Waals surface area contributed by atoms with Gasteiger partial charge >= 0.3 is 0 Å². The van der Waals surface area contributed by atoms with Crippen LogP contribution in [0.3, 0.4) is 0 Å². The molecular weight excluding hydrogens is 204 g/mol. The van der Waals surface area contributed by atoms with Gasteiger partial charge in [-0.1, -0.05) is 0 Å². The lowest BCUT2D eigenvalue weighted by atomic mass is 9.87. The summed E-state index contributed by atoms with van der Waals surface area (Å²) >= 11 is 0. The Morgan fingerprint density at radius 2 is 2.38 bits per heavy atom. The van der Waals surface area contributed by atoms with Crippen LogP contribution in [0.2, 0.25) is 0 Å². The van der Waals surface area contributed by atoms with Crippen molar-refractivity contribution in [1.82, 2.24) is 15.0 Å². The van der Waals surface area contributed by atoms with E-state index < -0.39 is 5.41 Å². The summed E-state index contributed by atoms with van der Waals surface area (Å²) in [6, 6.07) is 4.22. The SMILES string of the molecule is N#CC1(c2ncc(-c3cc[nH]c3)[nH]2)COC1. The third-order valence-corrected chi connectivity index (χ3v) is 2.85. The van der Waals surface area contributed by atoms with Gasteiger partial charge in [0.15, 0.2) is 5.41 Å². The van der Waals surface area contributed by atoms with Gasteiger partial charge in [-0.3, -0.25) is 0 Å². The second-order valence-corrected chi connectivity index (χ2v) is 3.93. The zero-order valence-corrected chi connectivity index (χ0v) is 8.53. The van der Waals surface area contributed by atoms with Gasteiger partial charge in [0.25, 0.3) is 0 Å². The quantitative estimate of drug-likeness (QED) is 0.788. The van der Waals surface area contributed by atoms with Crippen molar-refractivity contribution in [3.05, 3.63) is 30.5 Å². The van der Waals surface area contributed by atoms with Gasteiger partial charge < -0.3 is 14.7 Å². The highest BCUT2D eigenvalue weighted by Crippen LogP contribution is 2.30. The van der Waals surface area contributed by atoms with Crippen LogP contribution >= 0.6 is 0 Å². The Kier molecular flexibility index (Phi) is 1.85. The van der Waals surface area contributed by atoms with Crippen LogP contribution in [-0.4, -0.2) is 28.2 Å². The molecule has 0 unspecified atom stereocenters. The van der Waals surface area contributed by atoms with Gasteiger partial charge in [-0.25, -0.2) is 4.98 Å². The van der Waals surface area contributed by atoms with Crippen LogP contribution in [0.4, 0.5) is 0 Å². The van der Waals surface area contributed by atoms with Crippen LogP contribution in [0.25, 0.3) is 11.3 Å². The maximum absolute atomic E-state index is 9.13. The van der Waals surface area contributed by atoms with E-state index in [0.29, 0.717) is 19.0 Å². The first-order chi connectivity index (χ1) is 7.84. The van der Waals surface area contributed by atoms with Crippen LogP contribution in [0.15, 0.2) is 24.7 Å². The molecule has 3 rings (SSSR count). The molecule has 2 N–H and O–H groups in total. The Morgan fingerprint density at radius 1 is 1.50 bits per heavy atom. The Bertz CT molecular complexity index is 531. The second-order valence-electron chi connectivity index (χ2n) is 3.93. The first-order valence-corrected chi connectivity index (χ1v) is 5.02. The molecule has 0 aliphatic carbocycles. The lowest BCUT2D eigenvalue weighted by Gasteiger charge is -2.32. The summed E-state index contributed by atoms with van der Waals surface area (Å²) in [5.41, 5.74) is 1.37. The Morgan fingerprint density at radius 3 is 2.94 bits per heavy atom. The number of nitrogens with zero attached hydrogens (tertiary/aromatic N) is 2. The van der Waals surface area contributed by atoms with Crippen LogP contribution in [0.5, 0.6) is 0 Å². The highest BCUT2D eigenvalue weighted by molar-refractivity contribution is 5.57. The van der Waals surface area contributed by atoms with Crippen LogP contribution in [0, 0.1) is 11.3 Å². The largest absolute Gasteiger partial charge is 0.377 e. The number of hydrogen-bond acceptors (Lipinski definition) is 3. The third-order valence-electron chi connectivity index (χ3n) is 2.85. The molecule has 16 heavy (non-hydrogen) atoms. The number of nitriles is 1. The van der Waals surface area contributed by atoms with Gasteiger partial charge in [0.1, 0.15) is 5.82 Å².